The number of nitrogens with one attached hydrogen (secondary N) is 1. The summed E-state index contributed by atoms with van der Waals surface area (Å²) in [4.78, 5) is 0. The van der Waals surface area contributed by atoms with Crippen LogP contribution in [0.5, 0.6) is 5.75 Å². The fourth-order valence-electron chi connectivity index (χ4n) is 2.56. The Labute approximate surface area is 124 Å². The van der Waals surface area contributed by atoms with Gasteiger partial charge in [0.25, 0.3) is 0 Å². The van der Waals surface area contributed by atoms with Crippen LogP contribution in [0.15, 0.2) is 28.9 Å². The minimum atomic E-state index is -0.0400. The van der Waals surface area contributed by atoms with Gasteiger partial charge in [-0.1, -0.05) is 13.0 Å². The fraction of sp³-hybridized carbons (Fsp3) is 0.375. The van der Waals surface area contributed by atoms with E-state index in [0.29, 0.717) is 5.22 Å². The van der Waals surface area contributed by atoms with E-state index in [2.05, 4.69) is 32.2 Å². The number of methoxy groups -OCH3 is 1. The van der Waals surface area contributed by atoms with Crippen LogP contribution in [0.3, 0.4) is 0 Å². The van der Waals surface area contributed by atoms with Gasteiger partial charge in [-0.3, -0.25) is 0 Å². The van der Waals surface area contributed by atoms with Crippen molar-refractivity contribution in [2.75, 3.05) is 13.7 Å². The van der Waals surface area contributed by atoms with E-state index in [1.165, 1.54) is 11.1 Å². The molecule has 2 aromatic rings. The Morgan fingerprint density at radius 1 is 1.35 bits per heavy atom. The number of rotatable bonds is 5. The zero-order chi connectivity index (χ0) is 14.7. The summed E-state index contributed by atoms with van der Waals surface area (Å²) in [5, 5.41) is 3.87. The molecule has 1 N–H and O–H groups in total. The lowest BCUT2D eigenvalue weighted by atomic mass is 9.94. The first kappa shape index (κ1) is 14.9. The van der Waals surface area contributed by atoms with Gasteiger partial charge in [-0.2, -0.15) is 0 Å². The molecule has 0 spiro atoms. The van der Waals surface area contributed by atoms with Crippen LogP contribution in [-0.4, -0.2) is 13.7 Å². The van der Waals surface area contributed by atoms with Crippen molar-refractivity contribution in [1.29, 1.82) is 0 Å². The highest BCUT2D eigenvalue weighted by Crippen LogP contribution is 2.36. The molecule has 1 aromatic heterocycles. The summed E-state index contributed by atoms with van der Waals surface area (Å²) in [5.41, 5.74) is 4.38. The molecule has 0 bridgehead atoms. The van der Waals surface area contributed by atoms with Gasteiger partial charge in [0.1, 0.15) is 5.75 Å². The molecule has 1 aromatic carbocycles. The highest BCUT2D eigenvalue weighted by molar-refractivity contribution is 6.29. The van der Waals surface area contributed by atoms with Crippen LogP contribution in [0.4, 0.5) is 0 Å². The molecule has 1 atom stereocenters. The number of benzene rings is 1. The van der Waals surface area contributed by atoms with Crippen molar-refractivity contribution in [2.45, 2.75) is 26.8 Å². The van der Waals surface area contributed by atoms with Crippen molar-refractivity contribution in [1.82, 2.24) is 5.32 Å². The first-order valence-electron chi connectivity index (χ1n) is 6.69. The van der Waals surface area contributed by atoms with E-state index in [1.54, 1.807) is 13.4 Å². The Morgan fingerprint density at radius 2 is 2.10 bits per heavy atom. The van der Waals surface area contributed by atoms with Gasteiger partial charge < -0.3 is 14.5 Å². The van der Waals surface area contributed by atoms with Gasteiger partial charge in [0, 0.05) is 11.1 Å². The molecule has 1 unspecified atom stereocenters. The van der Waals surface area contributed by atoms with Gasteiger partial charge >= 0.3 is 0 Å². The van der Waals surface area contributed by atoms with E-state index in [4.69, 9.17) is 20.8 Å². The first-order valence-corrected chi connectivity index (χ1v) is 7.07. The SMILES string of the molecule is CCNC(c1ccoc1Cl)c1c(C)cc(C)cc1OC. The summed E-state index contributed by atoms with van der Waals surface area (Å²) in [6, 6.07) is 6.05. The molecular formula is C16H20ClNO2. The number of halogens is 1. The second-order valence-corrected chi connectivity index (χ2v) is 5.18. The Balaban J connectivity index is 2.58. The van der Waals surface area contributed by atoms with Crippen LogP contribution < -0.4 is 10.1 Å². The maximum absolute atomic E-state index is 6.15. The normalized spacial score (nSPS) is 12.4. The number of ether oxygens (including phenoxy) is 1. The predicted molar refractivity (Wildman–Crippen MR) is 81.7 cm³/mol. The Morgan fingerprint density at radius 3 is 2.65 bits per heavy atom. The van der Waals surface area contributed by atoms with Gasteiger partial charge in [-0.25, -0.2) is 0 Å². The van der Waals surface area contributed by atoms with E-state index < -0.39 is 0 Å². The lowest BCUT2D eigenvalue weighted by molar-refractivity contribution is 0.403. The molecule has 20 heavy (non-hydrogen) atoms. The Hall–Kier alpha value is -1.45. The maximum atomic E-state index is 6.15. The number of aryl methyl sites for hydroxylation is 2. The van der Waals surface area contributed by atoms with Crippen molar-refractivity contribution in [3.05, 3.63) is 51.9 Å². The molecule has 0 saturated carbocycles. The van der Waals surface area contributed by atoms with Crippen LogP contribution in [0, 0.1) is 13.8 Å². The molecular weight excluding hydrogens is 274 g/mol. The van der Waals surface area contributed by atoms with Crippen LogP contribution in [0.2, 0.25) is 5.22 Å². The van der Waals surface area contributed by atoms with Crippen molar-refractivity contribution >= 4 is 11.6 Å². The number of hydrogen-bond donors (Lipinski definition) is 1. The highest BCUT2D eigenvalue weighted by Gasteiger charge is 2.23. The van der Waals surface area contributed by atoms with E-state index in [9.17, 15) is 0 Å². The second kappa shape index (κ2) is 6.33. The minimum absolute atomic E-state index is 0.0400. The summed E-state index contributed by atoms with van der Waals surface area (Å²) >= 11 is 6.15. The van der Waals surface area contributed by atoms with E-state index >= 15 is 0 Å². The molecule has 0 fully saturated rings. The molecule has 3 nitrogen and oxygen atoms in total. The Kier molecular flexibility index (Phi) is 4.73. The molecule has 0 aliphatic heterocycles. The summed E-state index contributed by atoms with van der Waals surface area (Å²) in [7, 11) is 1.69. The smallest absolute Gasteiger partial charge is 0.198 e. The van der Waals surface area contributed by atoms with E-state index in [-0.39, 0.29) is 6.04 Å². The van der Waals surface area contributed by atoms with Crippen LogP contribution in [0.1, 0.15) is 35.2 Å². The van der Waals surface area contributed by atoms with Crippen molar-refractivity contribution < 1.29 is 9.15 Å². The standard InChI is InChI=1S/C16H20ClNO2/c1-5-18-15(12-6-7-20-16(12)17)14-11(3)8-10(2)9-13(14)19-4/h6-9,15,18H,5H2,1-4H3. The maximum Gasteiger partial charge on any atom is 0.198 e. The zero-order valence-electron chi connectivity index (χ0n) is 12.3. The van der Waals surface area contributed by atoms with E-state index in [0.717, 1.165) is 23.4 Å². The van der Waals surface area contributed by atoms with Gasteiger partial charge in [-0.05, 0) is 55.3 Å². The lowest BCUT2D eigenvalue weighted by Gasteiger charge is -2.22. The largest absolute Gasteiger partial charge is 0.496 e. The third-order valence-corrected chi connectivity index (χ3v) is 3.67. The van der Waals surface area contributed by atoms with Crippen molar-refractivity contribution in [3.8, 4) is 5.75 Å². The summed E-state index contributed by atoms with van der Waals surface area (Å²) in [5.74, 6) is 0.866. The van der Waals surface area contributed by atoms with Gasteiger partial charge in [-0.15, -0.1) is 0 Å². The molecule has 0 saturated heterocycles. The topological polar surface area (TPSA) is 34.4 Å². The summed E-state index contributed by atoms with van der Waals surface area (Å²) < 4.78 is 10.8. The van der Waals surface area contributed by atoms with Crippen molar-refractivity contribution in [3.63, 3.8) is 0 Å². The highest BCUT2D eigenvalue weighted by atomic mass is 35.5. The van der Waals surface area contributed by atoms with Crippen LogP contribution in [0.25, 0.3) is 0 Å². The average Bonchev–Trinajstić information content (AvgIpc) is 2.82. The molecule has 0 amide bonds. The Bertz CT molecular complexity index is 592. The quantitative estimate of drug-likeness (QED) is 0.894. The third-order valence-electron chi connectivity index (χ3n) is 3.37. The van der Waals surface area contributed by atoms with Gasteiger partial charge in [0.2, 0.25) is 0 Å². The number of hydrogen-bond acceptors (Lipinski definition) is 3. The summed E-state index contributed by atoms with van der Waals surface area (Å²) in [6.45, 7) is 7.04. The van der Waals surface area contributed by atoms with Gasteiger partial charge in [0.15, 0.2) is 5.22 Å². The molecule has 1 heterocycles. The second-order valence-electron chi connectivity index (χ2n) is 4.84. The van der Waals surface area contributed by atoms with Gasteiger partial charge in [0.05, 0.1) is 19.4 Å². The van der Waals surface area contributed by atoms with E-state index in [1.807, 2.05) is 12.1 Å². The molecule has 4 heteroatoms. The van der Waals surface area contributed by atoms with Crippen molar-refractivity contribution in [2.24, 2.45) is 0 Å². The third kappa shape index (κ3) is 2.84. The minimum Gasteiger partial charge on any atom is -0.496 e. The number of furan rings is 1. The van der Waals surface area contributed by atoms with Crippen LogP contribution in [-0.2, 0) is 0 Å². The predicted octanol–water partition coefficient (Wildman–Crippen LogP) is 4.26. The average molecular weight is 294 g/mol. The lowest BCUT2D eigenvalue weighted by Crippen LogP contribution is -2.23. The monoisotopic (exact) mass is 293 g/mol. The molecule has 108 valence electrons. The fourth-order valence-corrected chi connectivity index (χ4v) is 2.78. The molecule has 0 aliphatic rings. The molecule has 2 rings (SSSR count). The molecule has 0 aliphatic carbocycles. The zero-order valence-corrected chi connectivity index (χ0v) is 13.0. The summed E-state index contributed by atoms with van der Waals surface area (Å²) in [6.07, 6.45) is 1.61. The first-order chi connectivity index (χ1) is 9.58. The van der Waals surface area contributed by atoms with Crippen LogP contribution >= 0.6 is 11.6 Å². The molecule has 0 radical (unpaired) electrons.